The summed E-state index contributed by atoms with van der Waals surface area (Å²) in [6, 6.07) is 19.0. The number of halogens is 4. The largest absolute Gasteiger partial charge is 0.573 e. The third-order valence-electron chi connectivity index (χ3n) is 4.75. The van der Waals surface area contributed by atoms with Crippen molar-refractivity contribution in [2.24, 2.45) is 0 Å². The topological polar surface area (TPSA) is 35.1 Å². The Morgan fingerprint density at radius 1 is 1.03 bits per heavy atom. The number of ketones is 1. The minimum absolute atomic E-state index is 0.0255. The summed E-state index contributed by atoms with van der Waals surface area (Å²) in [5, 5.41) is 0.937. The Hall–Kier alpha value is -3.13. The van der Waals surface area contributed by atoms with Crippen LogP contribution in [0.25, 0.3) is 10.9 Å². The van der Waals surface area contributed by atoms with Crippen LogP contribution in [0.3, 0.4) is 0 Å². The van der Waals surface area contributed by atoms with Crippen molar-refractivity contribution in [1.29, 1.82) is 0 Å². The van der Waals surface area contributed by atoms with Crippen LogP contribution in [0.15, 0.2) is 83.7 Å². The maximum Gasteiger partial charge on any atom is 0.573 e. The Morgan fingerprint density at radius 3 is 2.55 bits per heavy atom. The minimum atomic E-state index is -4.81. The average Bonchev–Trinajstić information content (AvgIpc) is 3.02. The van der Waals surface area contributed by atoms with Crippen molar-refractivity contribution in [2.75, 3.05) is 0 Å². The molecule has 0 fully saturated rings. The molecule has 8 heteroatoms. The number of alkyl halides is 3. The van der Waals surface area contributed by atoms with Crippen LogP contribution in [0.4, 0.5) is 13.2 Å². The van der Waals surface area contributed by atoms with Gasteiger partial charge in [0.05, 0.1) is 22.1 Å². The summed E-state index contributed by atoms with van der Waals surface area (Å²) in [6.07, 6.45) is -0.886. The second-order valence-corrected chi connectivity index (χ2v) is 7.81. The van der Waals surface area contributed by atoms with E-state index in [1.807, 2.05) is 59.4 Å². The maximum atomic E-state index is 12.8. The molecule has 31 heavy (non-hydrogen) atoms. The Labute approximate surface area is 184 Å². The van der Waals surface area contributed by atoms with E-state index in [9.17, 15) is 18.0 Å². The fraction of sp³-hybridized carbons (Fsp3) is 0.130. The zero-order valence-corrected chi connectivity index (χ0v) is 17.7. The van der Waals surface area contributed by atoms with Crippen molar-refractivity contribution in [1.82, 2.24) is 4.57 Å². The van der Waals surface area contributed by atoms with Crippen molar-refractivity contribution in [2.45, 2.75) is 19.5 Å². The molecule has 0 amide bonds. The number of aromatic nitrogens is 2. The number of Topliss-reactive ketones (excluding diaryl/α,β-unsaturated/α-hetero) is 1. The monoisotopic (exact) mass is 489 g/mol. The van der Waals surface area contributed by atoms with Gasteiger partial charge in [-0.25, -0.2) is 4.57 Å². The van der Waals surface area contributed by atoms with Gasteiger partial charge in [0.1, 0.15) is 5.75 Å². The van der Waals surface area contributed by atoms with Crippen molar-refractivity contribution >= 4 is 32.6 Å². The standard InChI is InChI=1S/C23H17BrF3N2O2/c24-22-12-18-14-28(13-16-5-2-1-3-6-16)10-9-20(18)29(22)15-21(30)17-7-4-8-19(11-17)31-23(25,26)27/h1-12,14H,13,15H2/q+1. The molecule has 0 radical (unpaired) electrons. The molecule has 0 aliphatic heterocycles. The second kappa shape index (κ2) is 8.55. The molecule has 4 rings (SSSR count). The number of ether oxygens (including phenoxy) is 1. The number of hydrogen-bond acceptors (Lipinski definition) is 2. The zero-order chi connectivity index (χ0) is 22.0. The van der Waals surface area contributed by atoms with Crippen molar-refractivity contribution in [3.8, 4) is 5.75 Å². The number of carbonyl (C=O) groups is 1. The van der Waals surface area contributed by atoms with Gasteiger partial charge in [0.25, 0.3) is 0 Å². The number of benzene rings is 2. The van der Waals surface area contributed by atoms with Gasteiger partial charge in [-0.3, -0.25) is 4.79 Å². The van der Waals surface area contributed by atoms with E-state index in [0.717, 1.165) is 23.0 Å². The number of fused-ring (bicyclic) bond motifs is 1. The van der Waals surface area contributed by atoms with Gasteiger partial charge in [0.2, 0.25) is 0 Å². The zero-order valence-electron chi connectivity index (χ0n) is 16.1. The first kappa shape index (κ1) is 21.1. The Kier molecular flexibility index (Phi) is 5.82. The Morgan fingerprint density at radius 2 is 1.81 bits per heavy atom. The van der Waals surface area contributed by atoms with E-state index in [1.165, 1.54) is 17.7 Å². The van der Waals surface area contributed by atoms with Gasteiger partial charge >= 0.3 is 6.36 Å². The predicted octanol–water partition coefficient (Wildman–Crippen LogP) is 5.52. The van der Waals surface area contributed by atoms with Gasteiger partial charge in [0.15, 0.2) is 24.7 Å². The molecule has 0 unspecified atom stereocenters. The molecule has 0 aliphatic carbocycles. The van der Waals surface area contributed by atoms with E-state index >= 15 is 0 Å². The first-order chi connectivity index (χ1) is 14.8. The van der Waals surface area contributed by atoms with Crippen LogP contribution in [0, 0.1) is 0 Å². The van der Waals surface area contributed by atoms with Gasteiger partial charge in [-0.2, -0.15) is 0 Å². The van der Waals surface area contributed by atoms with Crippen LogP contribution in [-0.4, -0.2) is 16.7 Å². The lowest BCUT2D eigenvalue weighted by Gasteiger charge is -2.10. The molecule has 0 spiro atoms. The van der Waals surface area contributed by atoms with Gasteiger partial charge in [0, 0.05) is 17.2 Å². The van der Waals surface area contributed by atoms with Gasteiger partial charge < -0.3 is 9.30 Å². The molecule has 4 aromatic rings. The van der Waals surface area contributed by atoms with Crippen LogP contribution < -0.4 is 9.30 Å². The van der Waals surface area contributed by atoms with E-state index in [2.05, 4.69) is 20.7 Å². The molecule has 2 aromatic carbocycles. The van der Waals surface area contributed by atoms with E-state index in [0.29, 0.717) is 11.1 Å². The molecule has 0 aliphatic rings. The molecular formula is C23H17BrF3N2O2+. The summed E-state index contributed by atoms with van der Waals surface area (Å²) >= 11 is 3.48. The first-order valence-electron chi connectivity index (χ1n) is 9.39. The summed E-state index contributed by atoms with van der Waals surface area (Å²) < 4.78 is 45.8. The molecule has 4 nitrogen and oxygen atoms in total. The highest BCUT2D eigenvalue weighted by Crippen LogP contribution is 2.26. The van der Waals surface area contributed by atoms with Crippen LogP contribution in [0.5, 0.6) is 5.75 Å². The van der Waals surface area contributed by atoms with Crippen LogP contribution in [-0.2, 0) is 13.1 Å². The Balaban J connectivity index is 1.56. The third kappa shape index (κ3) is 5.14. The first-order valence-corrected chi connectivity index (χ1v) is 10.2. The highest BCUT2D eigenvalue weighted by Gasteiger charge is 2.31. The van der Waals surface area contributed by atoms with Crippen molar-refractivity contribution in [3.63, 3.8) is 0 Å². The van der Waals surface area contributed by atoms with Gasteiger partial charge in [-0.05, 0) is 34.1 Å². The molecule has 0 saturated carbocycles. The fourth-order valence-electron chi connectivity index (χ4n) is 3.38. The molecule has 158 valence electrons. The maximum absolute atomic E-state index is 12.8. The van der Waals surface area contributed by atoms with Crippen LogP contribution in [0.1, 0.15) is 15.9 Å². The molecule has 0 N–H and O–H groups in total. The number of pyridine rings is 1. The molecule has 2 heterocycles. The van der Waals surface area contributed by atoms with E-state index < -0.39 is 12.1 Å². The second-order valence-electron chi connectivity index (χ2n) is 7.00. The summed E-state index contributed by atoms with van der Waals surface area (Å²) in [5.74, 6) is -0.747. The predicted molar refractivity (Wildman–Crippen MR) is 113 cm³/mol. The fourth-order valence-corrected chi connectivity index (χ4v) is 3.95. The minimum Gasteiger partial charge on any atom is -0.406 e. The number of nitrogens with zero attached hydrogens (tertiary/aromatic N) is 2. The van der Waals surface area contributed by atoms with Gasteiger partial charge in [-0.1, -0.05) is 42.5 Å². The summed E-state index contributed by atoms with van der Waals surface area (Å²) in [7, 11) is 0. The van der Waals surface area contributed by atoms with Crippen LogP contribution in [0.2, 0.25) is 0 Å². The number of hydrogen-bond donors (Lipinski definition) is 0. The lowest BCUT2D eigenvalue weighted by Crippen LogP contribution is -2.33. The molecule has 0 atom stereocenters. The summed E-state index contributed by atoms with van der Waals surface area (Å²) in [4.78, 5) is 12.8. The van der Waals surface area contributed by atoms with Crippen LogP contribution >= 0.6 is 15.9 Å². The summed E-state index contributed by atoms with van der Waals surface area (Å²) in [5.41, 5.74) is 2.15. The molecule has 0 bridgehead atoms. The van der Waals surface area contributed by atoms with Gasteiger partial charge in [-0.15, -0.1) is 13.2 Å². The van der Waals surface area contributed by atoms with E-state index in [-0.39, 0.29) is 17.9 Å². The normalized spacial score (nSPS) is 11.6. The smallest absolute Gasteiger partial charge is 0.406 e. The number of carbonyl (C=O) groups excluding carboxylic acids is 1. The number of rotatable bonds is 6. The quantitative estimate of drug-likeness (QED) is 0.264. The SMILES string of the molecule is O=C(Cn1c(Br)cc2c[n+](Cc3ccccc3)ccc21)c1cccc(OC(F)(F)F)c1. The highest BCUT2D eigenvalue weighted by molar-refractivity contribution is 9.10. The van der Waals surface area contributed by atoms with E-state index in [1.54, 1.807) is 4.57 Å². The molecular weight excluding hydrogens is 473 g/mol. The van der Waals surface area contributed by atoms with Crippen molar-refractivity contribution in [3.05, 3.63) is 94.9 Å². The lowest BCUT2D eigenvalue weighted by atomic mass is 10.1. The third-order valence-corrected chi connectivity index (χ3v) is 5.40. The van der Waals surface area contributed by atoms with E-state index in [4.69, 9.17) is 0 Å². The molecule has 2 aromatic heterocycles. The molecule has 0 saturated heterocycles. The lowest BCUT2D eigenvalue weighted by molar-refractivity contribution is -0.687. The highest BCUT2D eigenvalue weighted by atomic mass is 79.9. The van der Waals surface area contributed by atoms with Crippen molar-refractivity contribution < 1.29 is 27.3 Å². The Bertz CT molecular complexity index is 1240. The summed E-state index contributed by atoms with van der Waals surface area (Å²) in [6.45, 7) is 0.687. The average molecular weight is 490 g/mol.